The van der Waals surface area contributed by atoms with E-state index in [-0.39, 0.29) is 23.3 Å². The van der Waals surface area contributed by atoms with E-state index in [4.69, 9.17) is 50.1 Å². The monoisotopic (exact) mass is 773 g/mol. The Hall–Kier alpha value is -6.34. The molecule has 4 rings (SSSR count). The van der Waals surface area contributed by atoms with Crippen molar-refractivity contribution in [1.29, 1.82) is 5.41 Å². The lowest BCUT2D eigenvalue weighted by molar-refractivity contribution is -0.193. The van der Waals surface area contributed by atoms with Crippen molar-refractivity contribution >= 4 is 29.4 Å². The minimum absolute atomic E-state index is 0.0566. The summed E-state index contributed by atoms with van der Waals surface area (Å²) in [7, 11) is 1.32. The number of halogens is 7. The molecule has 0 spiro atoms. The van der Waals surface area contributed by atoms with Crippen LogP contribution in [-0.2, 0) is 14.3 Å². The Morgan fingerprint density at radius 1 is 0.944 bits per heavy atom. The number of hydrogen-bond donors (Lipinski definition) is 6. The number of nitrogens with one attached hydrogen (secondary N) is 3. The Labute approximate surface area is 302 Å². The van der Waals surface area contributed by atoms with Gasteiger partial charge in [0.15, 0.2) is 11.6 Å². The van der Waals surface area contributed by atoms with Crippen LogP contribution in [0.1, 0.15) is 54.1 Å². The van der Waals surface area contributed by atoms with Crippen LogP contribution in [0.3, 0.4) is 0 Å². The van der Waals surface area contributed by atoms with Gasteiger partial charge in [0.05, 0.1) is 31.1 Å². The molecule has 4 aromatic rings. The van der Waals surface area contributed by atoms with E-state index in [2.05, 4.69) is 10.3 Å². The van der Waals surface area contributed by atoms with Gasteiger partial charge in [-0.15, -0.1) is 0 Å². The van der Waals surface area contributed by atoms with Gasteiger partial charge in [0.1, 0.15) is 23.5 Å². The number of nitrogen functional groups attached to an aromatic ring is 1. The topological polar surface area (TPSA) is 210 Å². The van der Waals surface area contributed by atoms with Crippen LogP contribution in [0, 0.1) is 11.2 Å². The summed E-state index contributed by atoms with van der Waals surface area (Å²) >= 11 is 0. The van der Waals surface area contributed by atoms with E-state index < -0.39 is 42.1 Å². The molecule has 0 aliphatic carbocycles. The van der Waals surface area contributed by atoms with Gasteiger partial charge in [-0.05, 0) is 63.2 Å². The Bertz CT molecular complexity index is 1890. The fourth-order valence-corrected chi connectivity index (χ4v) is 4.15. The van der Waals surface area contributed by atoms with Crippen molar-refractivity contribution < 1.29 is 69.5 Å². The fraction of sp³-hybridized carbons (Fsp3) is 0.265. The number of H-pyrrole nitrogens is 1. The van der Waals surface area contributed by atoms with E-state index in [0.29, 0.717) is 46.3 Å². The Kier molecular flexibility index (Phi) is 15.4. The molecule has 7 N–H and O–H groups in total. The highest BCUT2D eigenvalue weighted by molar-refractivity contribution is 5.95. The molecule has 3 aromatic carbocycles. The van der Waals surface area contributed by atoms with Crippen LogP contribution in [0.25, 0.3) is 11.3 Å². The van der Waals surface area contributed by atoms with Gasteiger partial charge >= 0.3 is 30.3 Å². The number of aromatic amines is 1. The highest BCUT2D eigenvalue weighted by atomic mass is 19.4. The third-order valence-corrected chi connectivity index (χ3v) is 6.47. The second-order valence-electron chi connectivity index (χ2n) is 10.8. The number of carboxylic acids is 2. The maximum Gasteiger partial charge on any atom is 0.490 e. The molecule has 0 aliphatic rings. The fourth-order valence-electron chi connectivity index (χ4n) is 4.15. The van der Waals surface area contributed by atoms with E-state index in [1.807, 2.05) is 26.8 Å². The van der Waals surface area contributed by atoms with Crippen LogP contribution in [-0.4, -0.2) is 76.1 Å². The molecule has 13 nitrogen and oxygen atoms in total. The molecule has 0 saturated heterocycles. The van der Waals surface area contributed by atoms with Gasteiger partial charge in [-0.1, -0.05) is 12.1 Å². The predicted molar refractivity (Wildman–Crippen MR) is 179 cm³/mol. The number of ether oxygens (including phenoxy) is 3. The van der Waals surface area contributed by atoms with Crippen LogP contribution in [0.15, 0.2) is 66.9 Å². The van der Waals surface area contributed by atoms with Gasteiger partial charge in [-0.2, -0.15) is 26.3 Å². The van der Waals surface area contributed by atoms with Gasteiger partial charge in [-0.3, -0.25) is 5.41 Å². The van der Waals surface area contributed by atoms with Crippen LogP contribution in [0.4, 0.5) is 36.4 Å². The quantitative estimate of drug-likeness (QED) is 0.0398. The van der Waals surface area contributed by atoms with E-state index in [1.54, 1.807) is 54.7 Å². The van der Waals surface area contributed by atoms with Crippen LogP contribution in [0.2, 0.25) is 0 Å². The largest absolute Gasteiger partial charge is 0.494 e. The number of nitrogens with two attached hydrogens (primary N) is 1. The lowest BCUT2D eigenvalue weighted by Gasteiger charge is -2.22. The Morgan fingerprint density at radius 3 is 2.00 bits per heavy atom. The van der Waals surface area contributed by atoms with Gasteiger partial charge in [0.25, 0.3) is 0 Å². The number of methoxy groups -OCH3 is 1. The third kappa shape index (κ3) is 13.0. The summed E-state index contributed by atoms with van der Waals surface area (Å²) in [5.74, 6) is -5.66. The number of anilines is 1. The average molecular weight is 774 g/mol. The molecule has 0 saturated carbocycles. The summed E-state index contributed by atoms with van der Waals surface area (Å²) in [6.07, 6.45) is -8.74. The first-order valence-corrected chi connectivity index (χ1v) is 15.3. The smallest absolute Gasteiger partial charge is 0.490 e. The summed E-state index contributed by atoms with van der Waals surface area (Å²) in [6.45, 7) is 5.87. The predicted octanol–water partition coefficient (Wildman–Crippen LogP) is 6.94. The summed E-state index contributed by atoms with van der Waals surface area (Å²) in [6, 6.07) is 16.2. The Balaban J connectivity index is 0.000000610. The molecule has 1 aromatic heterocycles. The molecule has 1 atom stereocenters. The number of benzene rings is 3. The number of hydrogen-bond acceptors (Lipinski definition) is 9. The van der Waals surface area contributed by atoms with Gasteiger partial charge in [0.2, 0.25) is 0 Å². The van der Waals surface area contributed by atoms with Crippen LogP contribution >= 0.6 is 0 Å². The molecule has 54 heavy (non-hydrogen) atoms. The molecule has 1 heterocycles. The third-order valence-electron chi connectivity index (χ3n) is 6.47. The summed E-state index contributed by atoms with van der Waals surface area (Å²) < 4.78 is 95.8. The van der Waals surface area contributed by atoms with Crippen LogP contribution < -0.4 is 20.5 Å². The first-order valence-electron chi connectivity index (χ1n) is 15.3. The second-order valence-corrected chi connectivity index (χ2v) is 10.8. The molecule has 0 amide bonds. The normalized spacial score (nSPS) is 11.6. The maximum absolute atomic E-state index is 16.0. The minimum atomic E-state index is -5.08. The average Bonchev–Trinajstić information content (AvgIpc) is 3.58. The molecule has 20 heteroatoms. The molecule has 0 aliphatic heterocycles. The van der Waals surface area contributed by atoms with Gasteiger partial charge < -0.3 is 40.5 Å². The van der Waals surface area contributed by atoms with Crippen molar-refractivity contribution in [3.05, 3.63) is 95.2 Å². The first kappa shape index (κ1) is 43.8. The number of imidazole rings is 1. The van der Waals surface area contributed by atoms with Crippen molar-refractivity contribution in [3.8, 4) is 22.8 Å². The highest BCUT2D eigenvalue weighted by Crippen LogP contribution is 2.36. The number of nitrogens with zero attached hydrogens (tertiary/aromatic N) is 1. The minimum Gasteiger partial charge on any atom is -0.494 e. The highest BCUT2D eigenvalue weighted by Gasteiger charge is 2.39. The lowest BCUT2D eigenvalue weighted by Crippen LogP contribution is -2.21. The van der Waals surface area contributed by atoms with E-state index in [1.165, 1.54) is 13.2 Å². The summed E-state index contributed by atoms with van der Waals surface area (Å²) in [4.78, 5) is 37.8. The van der Waals surface area contributed by atoms with Gasteiger partial charge in [0, 0.05) is 34.6 Å². The molecular formula is C34H34F7N5O8. The summed E-state index contributed by atoms with van der Waals surface area (Å²) in [5.41, 5.74) is 8.69. The number of carboxylic acid groups (broad SMARTS) is 2. The van der Waals surface area contributed by atoms with Crippen LogP contribution in [0.5, 0.6) is 11.5 Å². The lowest BCUT2D eigenvalue weighted by atomic mass is 10.0. The van der Waals surface area contributed by atoms with Crippen molar-refractivity contribution in [2.24, 2.45) is 5.73 Å². The molecule has 292 valence electrons. The summed E-state index contributed by atoms with van der Waals surface area (Å²) in [5, 5.41) is 25.3. The van der Waals surface area contributed by atoms with Crippen molar-refractivity contribution in [2.45, 2.75) is 45.3 Å². The zero-order valence-electron chi connectivity index (χ0n) is 28.7. The molecular weight excluding hydrogens is 739 g/mol. The second kappa shape index (κ2) is 18.9. The van der Waals surface area contributed by atoms with Crippen molar-refractivity contribution in [2.75, 3.05) is 19.0 Å². The van der Waals surface area contributed by atoms with E-state index in [0.717, 1.165) is 0 Å². The van der Waals surface area contributed by atoms with Gasteiger partial charge in [-0.25, -0.2) is 23.8 Å². The number of carbonyl (C=O) groups excluding carboxylic acids is 1. The molecule has 0 fully saturated rings. The maximum atomic E-state index is 16.0. The SMILES string of the molecule is CCOc1cc(OC(C)C)c(F)c(C(Nc2ccc(C(=N)N)cc2)c2nc(-c3cccc(C(=O)OC)c3)c[nH]2)c1.O=C(O)C(F)(F)F.O=C(O)C(F)(F)F. The standard InChI is InChI=1S/C30H32FN5O4.2C2HF3O2/c1-5-39-22-14-23(26(31)25(15-22)40-17(2)3)27(35-21-11-9-18(10-12-21)28(32)33)29-34-16-24(36-29)19-7-6-8-20(13-19)30(37)38-4;2*3-2(4,5)1(6)7/h6-17,27,35H,5H2,1-4H3,(H3,32,33)(H,34,36);2*(H,6,7). The van der Waals surface area contributed by atoms with E-state index >= 15 is 4.39 Å². The number of alkyl halides is 6. The zero-order valence-corrected chi connectivity index (χ0v) is 28.7. The molecule has 0 bridgehead atoms. The van der Waals surface area contributed by atoms with Crippen molar-refractivity contribution in [3.63, 3.8) is 0 Å². The molecule has 1 unspecified atom stereocenters. The molecule has 0 radical (unpaired) electrons. The van der Waals surface area contributed by atoms with E-state index in [9.17, 15) is 31.1 Å². The number of carbonyl (C=O) groups is 3. The number of rotatable bonds is 11. The van der Waals surface area contributed by atoms with Crippen molar-refractivity contribution in [1.82, 2.24) is 9.97 Å². The number of aliphatic carboxylic acids is 2. The zero-order chi connectivity index (χ0) is 41.0. The number of amidine groups is 1. The number of esters is 1. The number of aromatic nitrogens is 2. The Morgan fingerprint density at radius 2 is 1.52 bits per heavy atom. The first-order chi connectivity index (χ1) is 25.1.